The molecule has 1 heterocycles. The van der Waals surface area contributed by atoms with E-state index in [2.05, 4.69) is 5.32 Å². The van der Waals surface area contributed by atoms with Gasteiger partial charge in [0.15, 0.2) is 5.17 Å². The lowest BCUT2D eigenvalue weighted by molar-refractivity contribution is -0.128. The molecule has 0 aliphatic carbocycles. The lowest BCUT2D eigenvalue weighted by Crippen LogP contribution is -2.34. The number of carbonyl (C=O) groups excluding carboxylic acids is 2. The fourth-order valence-corrected chi connectivity index (χ4v) is 4.52. The molecule has 3 rings (SSSR count). The first-order chi connectivity index (χ1) is 13.9. The second kappa shape index (κ2) is 9.27. The number of nitrogens with zero attached hydrogens (tertiary/aromatic N) is 2. The predicted molar refractivity (Wildman–Crippen MR) is 121 cm³/mol. The molecule has 1 aliphatic heterocycles. The molecule has 0 aromatic heterocycles. The van der Waals surface area contributed by atoms with Gasteiger partial charge in [0.05, 0.1) is 5.69 Å². The van der Waals surface area contributed by atoms with E-state index in [0.717, 1.165) is 34.5 Å². The van der Waals surface area contributed by atoms with Crippen LogP contribution >= 0.6 is 11.8 Å². The highest BCUT2D eigenvalue weighted by atomic mass is 32.2. The quantitative estimate of drug-likeness (QED) is 0.732. The summed E-state index contributed by atoms with van der Waals surface area (Å²) >= 11 is 1.38. The Hall–Kier alpha value is -2.60. The Bertz CT molecular complexity index is 935. The summed E-state index contributed by atoms with van der Waals surface area (Å²) < 4.78 is 0. The van der Waals surface area contributed by atoms with Crippen LogP contribution in [0.15, 0.2) is 47.5 Å². The van der Waals surface area contributed by atoms with Crippen LogP contribution in [-0.2, 0) is 9.59 Å². The van der Waals surface area contributed by atoms with Crippen LogP contribution in [0.3, 0.4) is 0 Å². The van der Waals surface area contributed by atoms with E-state index >= 15 is 0 Å². The van der Waals surface area contributed by atoms with Crippen LogP contribution < -0.4 is 5.32 Å². The van der Waals surface area contributed by atoms with Crippen LogP contribution in [0.1, 0.15) is 36.5 Å². The average molecular weight is 410 g/mol. The van der Waals surface area contributed by atoms with Crippen molar-refractivity contribution in [2.75, 3.05) is 11.9 Å². The van der Waals surface area contributed by atoms with Gasteiger partial charge in [-0.1, -0.05) is 49.0 Å². The third-order valence-electron chi connectivity index (χ3n) is 4.81. The van der Waals surface area contributed by atoms with E-state index in [4.69, 9.17) is 4.99 Å². The summed E-state index contributed by atoms with van der Waals surface area (Å²) in [5.74, 6) is -0.193. The minimum atomic E-state index is -0.450. The Kier molecular flexibility index (Phi) is 6.75. The van der Waals surface area contributed by atoms with E-state index in [-0.39, 0.29) is 18.2 Å². The van der Waals surface area contributed by atoms with E-state index in [9.17, 15) is 9.59 Å². The molecule has 0 unspecified atom stereocenters. The number of amidine groups is 1. The molecule has 1 atom stereocenters. The van der Waals surface area contributed by atoms with Crippen molar-refractivity contribution in [3.63, 3.8) is 0 Å². The molecule has 1 fully saturated rings. The number of hydrogen-bond donors (Lipinski definition) is 1. The largest absolute Gasteiger partial charge is 0.326 e. The fraction of sp³-hybridized carbons (Fsp3) is 0.348. The summed E-state index contributed by atoms with van der Waals surface area (Å²) in [4.78, 5) is 32.0. The van der Waals surface area contributed by atoms with Gasteiger partial charge in [0.2, 0.25) is 11.8 Å². The molecule has 0 spiro atoms. The van der Waals surface area contributed by atoms with Gasteiger partial charge in [-0.3, -0.25) is 14.5 Å². The minimum absolute atomic E-state index is 0.0418. The first-order valence-electron chi connectivity index (χ1n) is 9.88. The fourth-order valence-electron chi connectivity index (χ4n) is 3.33. The van der Waals surface area contributed by atoms with Gasteiger partial charge in [0, 0.05) is 18.7 Å². The van der Waals surface area contributed by atoms with Gasteiger partial charge in [0.1, 0.15) is 5.25 Å². The lowest BCUT2D eigenvalue weighted by atomic mass is 10.1. The number of hydrogen-bond acceptors (Lipinski definition) is 4. The number of thioether (sulfide) groups is 1. The van der Waals surface area contributed by atoms with Crippen LogP contribution in [0.2, 0.25) is 0 Å². The highest BCUT2D eigenvalue weighted by molar-refractivity contribution is 8.15. The molecular formula is C23H27N3O2S. The zero-order chi connectivity index (χ0) is 21.0. The molecule has 0 bridgehead atoms. The molecule has 1 N–H and O–H groups in total. The number of anilines is 1. The number of nitrogens with one attached hydrogen (secondary N) is 1. The molecule has 0 radical (unpaired) electrons. The molecule has 5 nitrogen and oxygen atoms in total. The normalized spacial score (nSPS) is 17.8. The van der Waals surface area contributed by atoms with Crippen LogP contribution in [0.25, 0.3) is 0 Å². The van der Waals surface area contributed by atoms with E-state index in [1.807, 2.05) is 70.2 Å². The topological polar surface area (TPSA) is 61.8 Å². The van der Waals surface area contributed by atoms with Crippen molar-refractivity contribution < 1.29 is 9.59 Å². The first-order valence-corrected chi connectivity index (χ1v) is 10.8. The summed E-state index contributed by atoms with van der Waals surface area (Å²) in [6.07, 6.45) is 0.963. The van der Waals surface area contributed by atoms with Gasteiger partial charge in [-0.25, -0.2) is 4.99 Å². The van der Waals surface area contributed by atoms with Crippen molar-refractivity contribution in [3.05, 3.63) is 59.2 Å². The van der Waals surface area contributed by atoms with Crippen molar-refractivity contribution in [2.45, 2.75) is 45.8 Å². The van der Waals surface area contributed by atoms with Crippen molar-refractivity contribution in [3.8, 4) is 0 Å². The third kappa shape index (κ3) is 5.07. The van der Waals surface area contributed by atoms with Gasteiger partial charge in [-0.15, -0.1) is 0 Å². The van der Waals surface area contributed by atoms with Crippen molar-refractivity contribution >= 4 is 40.1 Å². The Morgan fingerprint density at radius 3 is 2.48 bits per heavy atom. The maximum absolute atomic E-state index is 12.9. The van der Waals surface area contributed by atoms with Crippen molar-refractivity contribution in [1.29, 1.82) is 0 Å². The van der Waals surface area contributed by atoms with Gasteiger partial charge in [-0.05, 0) is 56.0 Å². The second-order valence-corrected chi connectivity index (χ2v) is 8.52. The molecule has 2 aromatic rings. The summed E-state index contributed by atoms with van der Waals surface area (Å²) in [7, 11) is 0. The Morgan fingerprint density at radius 1 is 1.14 bits per heavy atom. The van der Waals surface area contributed by atoms with E-state index in [0.29, 0.717) is 11.7 Å². The maximum Gasteiger partial charge on any atom is 0.242 e. The second-order valence-electron chi connectivity index (χ2n) is 7.35. The van der Waals surface area contributed by atoms with Gasteiger partial charge in [0.25, 0.3) is 0 Å². The summed E-state index contributed by atoms with van der Waals surface area (Å²) in [6.45, 7) is 8.58. The standard InChI is InChI=1S/C23H27N3O2S/c1-5-12-26-22(28)19(29-23(26)24-18-11-6-8-15(2)13-18)14-20(27)25-21-16(3)9-7-10-17(21)4/h6-11,13,19H,5,12,14H2,1-4H3,(H,25,27)/t19-/m0/s1. The number of benzene rings is 2. The molecular weight excluding hydrogens is 382 g/mol. The smallest absolute Gasteiger partial charge is 0.242 e. The van der Waals surface area contributed by atoms with Crippen molar-refractivity contribution in [1.82, 2.24) is 4.90 Å². The van der Waals surface area contributed by atoms with Crippen LogP contribution in [0, 0.1) is 20.8 Å². The molecule has 152 valence electrons. The summed E-state index contributed by atoms with van der Waals surface area (Å²) in [5, 5.41) is 3.21. The number of amides is 2. The number of aryl methyl sites for hydroxylation is 3. The van der Waals surface area contributed by atoms with Gasteiger partial charge >= 0.3 is 0 Å². The highest BCUT2D eigenvalue weighted by Crippen LogP contribution is 2.32. The van der Waals surface area contributed by atoms with Crippen molar-refractivity contribution in [2.24, 2.45) is 4.99 Å². The van der Waals surface area contributed by atoms with Gasteiger partial charge < -0.3 is 5.32 Å². The van der Waals surface area contributed by atoms with Gasteiger partial charge in [-0.2, -0.15) is 0 Å². The zero-order valence-corrected chi connectivity index (χ0v) is 18.2. The SMILES string of the molecule is CCCN1C(=O)[C@H](CC(=O)Nc2c(C)cccc2C)SC1=Nc1cccc(C)c1. The maximum atomic E-state index is 12.9. The molecule has 2 aromatic carbocycles. The Balaban J connectivity index is 1.76. The molecule has 1 aliphatic rings. The monoisotopic (exact) mass is 409 g/mol. The third-order valence-corrected chi connectivity index (χ3v) is 5.99. The van der Waals surface area contributed by atoms with E-state index in [1.165, 1.54) is 11.8 Å². The zero-order valence-electron chi connectivity index (χ0n) is 17.4. The molecule has 1 saturated heterocycles. The molecule has 0 saturated carbocycles. The average Bonchev–Trinajstić information content (AvgIpc) is 2.94. The molecule has 29 heavy (non-hydrogen) atoms. The number of rotatable bonds is 6. The Morgan fingerprint density at radius 2 is 1.83 bits per heavy atom. The molecule has 6 heteroatoms. The highest BCUT2D eigenvalue weighted by Gasteiger charge is 2.38. The van der Waals surface area contributed by atoms with Crippen LogP contribution in [0.4, 0.5) is 11.4 Å². The minimum Gasteiger partial charge on any atom is -0.326 e. The molecule has 2 amide bonds. The van der Waals surface area contributed by atoms with E-state index in [1.54, 1.807) is 4.90 Å². The Labute approximate surface area is 176 Å². The van der Waals surface area contributed by atoms with E-state index < -0.39 is 5.25 Å². The lowest BCUT2D eigenvalue weighted by Gasteiger charge is -2.15. The number of aliphatic imine (C=N–C) groups is 1. The predicted octanol–water partition coefficient (Wildman–Crippen LogP) is 4.98. The number of carbonyl (C=O) groups is 2. The number of para-hydroxylation sites is 1. The van der Waals surface area contributed by atoms with Crippen LogP contribution in [-0.4, -0.2) is 33.7 Å². The summed E-state index contributed by atoms with van der Waals surface area (Å²) in [6, 6.07) is 13.8. The first kappa shape index (κ1) is 21.1. The van der Waals surface area contributed by atoms with Crippen LogP contribution in [0.5, 0.6) is 0 Å². The summed E-state index contributed by atoms with van der Waals surface area (Å²) in [5.41, 5.74) is 4.79.